The number of hydrogen-bond acceptors (Lipinski definition) is 1. The van der Waals surface area contributed by atoms with E-state index in [1.165, 1.54) is 31.5 Å². The minimum absolute atomic E-state index is 0.374. The van der Waals surface area contributed by atoms with E-state index < -0.39 is 0 Å². The largest absolute Gasteiger partial charge is 0.241 e. The Kier molecular flexibility index (Phi) is 2.20. The van der Waals surface area contributed by atoms with Crippen LogP contribution < -0.4 is 5.43 Å². The van der Waals surface area contributed by atoms with E-state index in [0.717, 1.165) is 4.59 Å². The van der Waals surface area contributed by atoms with Crippen LogP contribution >= 0.6 is 0 Å². The Bertz CT molecular complexity index is 302. The predicted molar refractivity (Wildman–Crippen MR) is 63.9 cm³/mol. The number of allylic oxidation sites excluding steroid dienone is 2. The molecule has 86 valence electrons. The molecule has 1 N–H and O–H groups in total. The van der Waals surface area contributed by atoms with Gasteiger partial charge < -0.3 is 0 Å². The quantitative estimate of drug-likeness (QED) is 0.605. The summed E-state index contributed by atoms with van der Waals surface area (Å²) in [5, 5.41) is 0. The molecule has 1 fully saturated rings. The van der Waals surface area contributed by atoms with Gasteiger partial charge >= 0.3 is 0 Å². The van der Waals surface area contributed by atoms with E-state index in [4.69, 9.17) is 0 Å². The second kappa shape index (κ2) is 3.00. The maximum atomic E-state index is 3.69. The normalized spacial score (nSPS) is 37.5. The van der Waals surface area contributed by atoms with Crippen molar-refractivity contribution in [1.29, 1.82) is 0 Å². The van der Waals surface area contributed by atoms with Crippen LogP contribution in [0, 0.1) is 10.8 Å². The Morgan fingerprint density at radius 1 is 1.13 bits per heavy atom. The summed E-state index contributed by atoms with van der Waals surface area (Å²) >= 11 is 0. The van der Waals surface area contributed by atoms with Crippen molar-refractivity contribution in [3.8, 4) is 0 Å². The van der Waals surface area contributed by atoms with Gasteiger partial charge in [0.2, 0.25) is 0 Å². The van der Waals surface area contributed by atoms with Crippen LogP contribution in [0.1, 0.15) is 40.0 Å². The lowest BCUT2D eigenvalue weighted by molar-refractivity contribution is -0.935. The summed E-state index contributed by atoms with van der Waals surface area (Å²) < 4.78 is 0.928. The fourth-order valence-electron chi connectivity index (χ4n) is 2.71. The Balaban J connectivity index is 2.31. The van der Waals surface area contributed by atoms with Gasteiger partial charge in [0.25, 0.3) is 0 Å². The van der Waals surface area contributed by atoms with Crippen molar-refractivity contribution in [2.24, 2.45) is 10.8 Å². The molecule has 2 heteroatoms. The molecule has 2 aliphatic rings. The Morgan fingerprint density at radius 2 is 1.80 bits per heavy atom. The number of fused-ring (bicyclic) bond motifs is 1. The minimum Gasteiger partial charge on any atom is -0.241 e. The van der Waals surface area contributed by atoms with Gasteiger partial charge in [-0.15, -0.1) is 0 Å². The van der Waals surface area contributed by atoms with Gasteiger partial charge in [0.05, 0.1) is 19.8 Å². The fourth-order valence-corrected chi connectivity index (χ4v) is 2.71. The monoisotopic (exact) mass is 209 g/mol. The van der Waals surface area contributed by atoms with Gasteiger partial charge in [-0.1, -0.05) is 26.8 Å². The topological polar surface area (TPSA) is 12.0 Å². The highest BCUT2D eigenvalue weighted by Gasteiger charge is 2.43. The molecule has 2 nitrogen and oxygen atoms in total. The third-order valence-electron chi connectivity index (χ3n) is 4.15. The Labute approximate surface area is 93.9 Å². The number of rotatable bonds is 0. The molecule has 0 bridgehead atoms. The first-order valence-corrected chi connectivity index (χ1v) is 6.07. The molecule has 1 saturated heterocycles. The van der Waals surface area contributed by atoms with E-state index in [1.54, 1.807) is 0 Å². The Morgan fingerprint density at radius 3 is 2.47 bits per heavy atom. The van der Waals surface area contributed by atoms with Crippen molar-refractivity contribution >= 4 is 0 Å². The van der Waals surface area contributed by atoms with Gasteiger partial charge in [0.1, 0.15) is 6.54 Å². The zero-order valence-corrected chi connectivity index (χ0v) is 10.9. The van der Waals surface area contributed by atoms with E-state index in [-0.39, 0.29) is 0 Å². The van der Waals surface area contributed by atoms with Crippen molar-refractivity contribution in [2.75, 3.05) is 20.6 Å². The zero-order chi connectivity index (χ0) is 11.3. The summed E-state index contributed by atoms with van der Waals surface area (Å²) in [4.78, 5) is 0. The predicted octanol–water partition coefficient (Wildman–Crippen LogP) is 2.68. The molecule has 2 rings (SSSR count). The second-order valence-electron chi connectivity index (χ2n) is 6.88. The molecule has 0 aromatic carbocycles. The third-order valence-corrected chi connectivity index (χ3v) is 4.15. The van der Waals surface area contributed by atoms with Crippen LogP contribution in [-0.2, 0) is 0 Å². The van der Waals surface area contributed by atoms with Crippen LogP contribution in [0.25, 0.3) is 0 Å². The molecule has 1 heterocycles. The minimum atomic E-state index is 0.374. The lowest BCUT2D eigenvalue weighted by Gasteiger charge is -2.49. The molecule has 0 aromatic heterocycles. The molecule has 0 amide bonds. The maximum Gasteiger partial charge on any atom is 0.101 e. The van der Waals surface area contributed by atoms with E-state index in [9.17, 15) is 0 Å². The standard InChI is InChI=1S/C13H25N2/c1-12(2)6-7-13(3)8-9-15(4,5)14-11(13)10-12/h10,14H,6-9H2,1-5H3/q+1. The molecule has 0 aromatic rings. The van der Waals surface area contributed by atoms with E-state index in [2.05, 4.69) is 46.4 Å². The van der Waals surface area contributed by atoms with Crippen LogP contribution in [0.5, 0.6) is 0 Å². The van der Waals surface area contributed by atoms with Crippen molar-refractivity contribution < 1.29 is 4.59 Å². The SMILES string of the molecule is CC1(C)C=C2N[N+](C)(C)CCC2(C)CC1. The number of quaternary nitrogens is 1. The van der Waals surface area contributed by atoms with Crippen LogP contribution in [0.2, 0.25) is 0 Å². The van der Waals surface area contributed by atoms with Gasteiger partial charge in [0, 0.05) is 11.8 Å². The Hall–Kier alpha value is -0.500. The molecule has 0 radical (unpaired) electrons. The molecule has 1 atom stereocenters. The van der Waals surface area contributed by atoms with Gasteiger partial charge in [-0.2, -0.15) is 0 Å². The summed E-state index contributed by atoms with van der Waals surface area (Å²) in [7, 11) is 4.50. The molecular weight excluding hydrogens is 184 g/mol. The van der Waals surface area contributed by atoms with Crippen LogP contribution in [0.15, 0.2) is 11.8 Å². The molecule has 1 aliphatic carbocycles. The average molecular weight is 209 g/mol. The molecule has 0 spiro atoms. The van der Waals surface area contributed by atoms with Crippen LogP contribution in [0.4, 0.5) is 0 Å². The smallest absolute Gasteiger partial charge is 0.101 e. The lowest BCUT2D eigenvalue weighted by atomic mass is 9.67. The maximum absolute atomic E-state index is 3.69. The van der Waals surface area contributed by atoms with Gasteiger partial charge in [0.15, 0.2) is 0 Å². The summed E-state index contributed by atoms with van der Waals surface area (Å²) in [6.45, 7) is 8.33. The fraction of sp³-hybridized carbons (Fsp3) is 0.846. The lowest BCUT2D eigenvalue weighted by Crippen LogP contribution is -2.60. The molecular formula is C13H25N2+. The highest BCUT2D eigenvalue weighted by molar-refractivity contribution is 5.19. The van der Waals surface area contributed by atoms with Crippen LogP contribution in [-0.4, -0.2) is 25.2 Å². The number of nitrogens with one attached hydrogen (secondary N) is 1. The summed E-state index contributed by atoms with van der Waals surface area (Å²) in [5.74, 6) is 0. The van der Waals surface area contributed by atoms with Crippen molar-refractivity contribution in [1.82, 2.24) is 5.43 Å². The molecule has 0 saturated carbocycles. The average Bonchev–Trinajstić information content (AvgIpc) is 2.07. The van der Waals surface area contributed by atoms with Gasteiger partial charge in [-0.3, -0.25) is 0 Å². The zero-order valence-electron chi connectivity index (χ0n) is 10.9. The van der Waals surface area contributed by atoms with Gasteiger partial charge in [-0.25, -0.2) is 10.0 Å². The van der Waals surface area contributed by atoms with E-state index >= 15 is 0 Å². The van der Waals surface area contributed by atoms with Crippen molar-refractivity contribution in [3.05, 3.63) is 11.8 Å². The first-order valence-electron chi connectivity index (χ1n) is 6.07. The van der Waals surface area contributed by atoms with Crippen molar-refractivity contribution in [3.63, 3.8) is 0 Å². The molecule has 1 aliphatic heterocycles. The second-order valence-corrected chi connectivity index (χ2v) is 6.88. The highest BCUT2D eigenvalue weighted by atomic mass is 15.6. The molecule has 15 heavy (non-hydrogen) atoms. The van der Waals surface area contributed by atoms with E-state index in [1.807, 2.05) is 0 Å². The first-order chi connectivity index (χ1) is 6.73. The van der Waals surface area contributed by atoms with E-state index in [0.29, 0.717) is 10.8 Å². The summed E-state index contributed by atoms with van der Waals surface area (Å²) in [6, 6.07) is 0. The van der Waals surface area contributed by atoms with Crippen LogP contribution in [0.3, 0.4) is 0 Å². The van der Waals surface area contributed by atoms with Crippen molar-refractivity contribution in [2.45, 2.75) is 40.0 Å². The first kappa shape index (κ1) is 11.0. The summed E-state index contributed by atoms with van der Waals surface area (Å²) in [5.41, 5.74) is 5.96. The highest BCUT2D eigenvalue weighted by Crippen LogP contribution is 2.47. The number of nitrogens with zero attached hydrogens (tertiary/aromatic N) is 1. The number of hydrogen-bond donors (Lipinski definition) is 1. The third kappa shape index (κ3) is 2.05. The molecule has 1 unspecified atom stereocenters. The summed E-state index contributed by atoms with van der Waals surface area (Å²) in [6.07, 6.45) is 6.44. The van der Waals surface area contributed by atoms with Gasteiger partial charge in [-0.05, 0) is 18.3 Å².